The highest BCUT2D eigenvalue weighted by molar-refractivity contribution is 5.95. The molecule has 1 fully saturated rings. The molecule has 1 aliphatic heterocycles. The van der Waals surface area contributed by atoms with Gasteiger partial charge >= 0.3 is 5.97 Å². The molecule has 2 N–H and O–H groups in total. The summed E-state index contributed by atoms with van der Waals surface area (Å²) in [6.07, 6.45) is 1.06. The molecule has 5 nitrogen and oxygen atoms in total. The van der Waals surface area contributed by atoms with E-state index >= 15 is 0 Å². The van der Waals surface area contributed by atoms with Gasteiger partial charge in [0.05, 0.1) is 6.61 Å². The third-order valence-corrected chi connectivity index (χ3v) is 3.65. The largest absolute Gasteiger partial charge is 0.475 e. The highest BCUT2D eigenvalue weighted by Gasteiger charge is 2.20. The van der Waals surface area contributed by atoms with Crippen molar-refractivity contribution >= 4 is 16.9 Å². The lowest BCUT2D eigenvalue weighted by Crippen LogP contribution is -2.23. The van der Waals surface area contributed by atoms with Crippen molar-refractivity contribution in [2.24, 2.45) is 5.92 Å². The zero-order valence-corrected chi connectivity index (χ0v) is 11.1. The fraction of sp³-hybridized carbons (Fsp3) is 0.400. The Labute approximate surface area is 116 Å². The molecule has 0 bridgehead atoms. The third-order valence-electron chi connectivity index (χ3n) is 3.65. The van der Waals surface area contributed by atoms with Gasteiger partial charge in [-0.25, -0.2) is 4.79 Å². The molecule has 106 valence electrons. The lowest BCUT2D eigenvalue weighted by atomic mass is 10.1. The molecule has 5 heteroatoms. The van der Waals surface area contributed by atoms with E-state index in [0.29, 0.717) is 23.6 Å². The topological polar surface area (TPSA) is 71.7 Å². The molecule has 1 atom stereocenters. The fourth-order valence-electron chi connectivity index (χ4n) is 2.59. The van der Waals surface area contributed by atoms with Crippen molar-refractivity contribution in [3.8, 4) is 0 Å². The smallest absolute Gasteiger partial charge is 0.372 e. The Balaban J connectivity index is 1.78. The minimum absolute atomic E-state index is 0.0290. The second-order valence-electron chi connectivity index (χ2n) is 5.07. The van der Waals surface area contributed by atoms with Crippen molar-refractivity contribution in [1.29, 1.82) is 0 Å². The van der Waals surface area contributed by atoms with Crippen LogP contribution >= 0.6 is 0 Å². The molecule has 20 heavy (non-hydrogen) atoms. The van der Waals surface area contributed by atoms with Crippen molar-refractivity contribution < 1.29 is 19.1 Å². The van der Waals surface area contributed by atoms with Crippen LogP contribution in [0.15, 0.2) is 28.7 Å². The number of benzene rings is 1. The number of carboxylic acid groups (broad SMARTS) is 1. The van der Waals surface area contributed by atoms with Crippen molar-refractivity contribution in [3.63, 3.8) is 0 Å². The molecular formula is C15H17NO4. The molecule has 0 amide bonds. The molecule has 1 aromatic carbocycles. The first-order chi connectivity index (χ1) is 9.75. The summed E-state index contributed by atoms with van der Waals surface area (Å²) in [5.41, 5.74) is 1.33. The van der Waals surface area contributed by atoms with Gasteiger partial charge in [-0.05, 0) is 18.4 Å². The summed E-state index contributed by atoms with van der Waals surface area (Å²) in [6, 6.07) is 7.40. The number of furan rings is 1. The molecule has 0 radical (unpaired) electrons. The van der Waals surface area contributed by atoms with Gasteiger partial charge in [0.15, 0.2) is 0 Å². The highest BCUT2D eigenvalue weighted by atomic mass is 16.5. The summed E-state index contributed by atoms with van der Waals surface area (Å²) in [7, 11) is 0. The van der Waals surface area contributed by atoms with Gasteiger partial charge in [0.2, 0.25) is 5.76 Å². The summed E-state index contributed by atoms with van der Waals surface area (Å²) >= 11 is 0. The third kappa shape index (κ3) is 2.55. The van der Waals surface area contributed by atoms with Crippen molar-refractivity contribution in [2.75, 3.05) is 19.8 Å². The van der Waals surface area contributed by atoms with Crippen LogP contribution in [0, 0.1) is 5.92 Å². The molecule has 2 heterocycles. The van der Waals surface area contributed by atoms with Gasteiger partial charge in [-0.2, -0.15) is 0 Å². The van der Waals surface area contributed by atoms with Gasteiger partial charge < -0.3 is 19.6 Å². The first-order valence-electron chi connectivity index (χ1n) is 6.78. The maximum Gasteiger partial charge on any atom is 0.372 e. The van der Waals surface area contributed by atoms with E-state index in [1.165, 1.54) is 0 Å². The number of nitrogens with one attached hydrogen (secondary N) is 1. The Morgan fingerprint density at radius 1 is 1.40 bits per heavy atom. The van der Waals surface area contributed by atoms with E-state index < -0.39 is 5.97 Å². The molecule has 0 spiro atoms. The van der Waals surface area contributed by atoms with E-state index in [0.717, 1.165) is 31.6 Å². The molecular weight excluding hydrogens is 258 g/mol. The summed E-state index contributed by atoms with van der Waals surface area (Å²) in [5.74, 6) is -0.481. The lowest BCUT2D eigenvalue weighted by Gasteiger charge is -2.09. The molecule has 1 saturated heterocycles. The number of carboxylic acids is 1. The Hall–Kier alpha value is -1.85. The maximum absolute atomic E-state index is 11.3. The molecule has 1 aliphatic rings. The normalized spacial score (nSPS) is 18.7. The van der Waals surface area contributed by atoms with E-state index in [1.54, 1.807) is 6.07 Å². The zero-order valence-electron chi connectivity index (χ0n) is 11.1. The van der Waals surface area contributed by atoms with E-state index in [2.05, 4.69) is 5.32 Å². The second kappa shape index (κ2) is 5.64. The average Bonchev–Trinajstić information content (AvgIpc) is 3.07. The quantitative estimate of drug-likeness (QED) is 0.875. The van der Waals surface area contributed by atoms with Crippen LogP contribution in [0.3, 0.4) is 0 Å². The number of carbonyl (C=O) groups is 1. The molecule has 1 aromatic heterocycles. The van der Waals surface area contributed by atoms with Crippen molar-refractivity contribution in [2.45, 2.75) is 13.0 Å². The zero-order chi connectivity index (χ0) is 13.9. The van der Waals surface area contributed by atoms with E-state index in [4.69, 9.17) is 9.15 Å². The number of hydrogen-bond donors (Lipinski definition) is 2. The number of para-hydroxylation sites is 1. The minimum atomic E-state index is -1.03. The van der Waals surface area contributed by atoms with Crippen molar-refractivity contribution in [3.05, 3.63) is 35.6 Å². The molecule has 0 aliphatic carbocycles. The number of fused-ring (bicyclic) bond motifs is 1. The van der Waals surface area contributed by atoms with Crippen LogP contribution in [-0.4, -0.2) is 30.8 Å². The van der Waals surface area contributed by atoms with Gasteiger partial charge in [0.1, 0.15) is 5.58 Å². The molecule has 2 aromatic rings. The van der Waals surface area contributed by atoms with Crippen LogP contribution in [0.5, 0.6) is 0 Å². The standard InChI is InChI=1S/C15H17NO4/c17-15(18)14-12(8-16-7-10-5-6-19-9-10)11-3-1-2-4-13(11)20-14/h1-4,10,16H,5-9H2,(H,17,18). The lowest BCUT2D eigenvalue weighted by molar-refractivity contribution is 0.0663. The van der Waals surface area contributed by atoms with Crippen LogP contribution in [0.1, 0.15) is 22.5 Å². The number of hydrogen-bond acceptors (Lipinski definition) is 4. The molecule has 3 rings (SSSR count). The average molecular weight is 275 g/mol. The summed E-state index contributed by atoms with van der Waals surface area (Å²) in [5, 5.41) is 13.4. The van der Waals surface area contributed by atoms with Gasteiger partial charge in [-0.1, -0.05) is 18.2 Å². The first kappa shape index (κ1) is 13.1. The monoisotopic (exact) mass is 275 g/mol. The summed E-state index contributed by atoms with van der Waals surface area (Å²) in [4.78, 5) is 11.3. The van der Waals surface area contributed by atoms with Gasteiger partial charge in [0.25, 0.3) is 0 Å². The van der Waals surface area contributed by atoms with Crippen LogP contribution in [0.2, 0.25) is 0 Å². The Bertz CT molecular complexity index is 613. The molecule has 1 unspecified atom stereocenters. The first-order valence-corrected chi connectivity index (χ1v) is 6.78. The van der Waals surface area contributed by atoms with Gasteiger partial charge in [-0.15, -0.1) is 0 Å². The Morgan fingerprint density at radius 2 is 2.25 bits per heavy atom. The van der Waals surface area contributed by atoms with Crippen LogP contribution in [-0.2, 0) is 11.3 Å². The van der Waals surface area contributed by atoms with E-state index in [9.17, 15) is 9.90 Å². The minimum Gasteiger partial charge on any atom is -0.475 e. The van der Waals surface area contributed by atoms with Crippen molar-refractivity contribution in [1.82, 2.24) is 5.32 Å². The SMILES string of the molecule is O=C(O)c1oc2ccccc2c1CNCC1CCOC1. The highest BCUT2D eigenvalue weighted by Crippen LogP contribution is 2.26. The van der Waals surface area contributed by atoms with Crippen LogP contribution in [0.25, 0.3) is 11.0 Å². The fourth-order valence-corrected chi connectivity index (χ4v) is 2.59. The summed E-state index contributed by atoms with van der Waals surface area (Å²) in [6.45, 7) is 2.93. The number of ether oxygens (including phenoxy) is 1. The predicted molar refractivity (Wildman–Crippen MR) is 73.8 cm³/mol. The van der Waals surface area contributed by atoms with Crippen LogP contribution in [0.4, 0.5) is 0 Å². The predicted octanol–water partition coefficient (Wildman–Crippen LogP) is 2.26. The van der Waals surface area contributed by atoms with Gasteiger partial charge in [0, 0.05) is 30.6 Å². The number of rotatable bonds is 5. The Morgan fingerprint density at radius 3 is 3.00 bits per heavy atom. The van der Waals surface area contributed by atoms with Crippen LogP contribution < -0.4 is 5.32 Å². The summed E-state index contributed by atoms with van der Waals surface area (Å²) < 4.78 is 10.7. The second-order valence-corrected chi connectivity index (χ2v) is 5.07. The van der Waals surface area contributed by atoms with E-state index in [-0.39, 0.29) is 5.76 Å². The van der Waals surface area contributed by atoms with E-state index in [1.807, 2.05) is 18.2 Å². The number of aromatic carboxylic acids is 1. The Kier molecular flexibility index (Phi) is 3.71. The molecule has 0 saturated carbocycles. The maximum atomic E-state index is 11.3. The van der Waals surface area contributed by atoms with Gasteiger partial charge in [-0.3, -0.25) is 0 Å².